The SMILES string of the molecule is O=C(O)c1sc(Cc2ccc(F)cc2)nc1C(F)(F)F. The third-order valence-corrected chi connectivity index (χ3v) is 3.45. The van der Waals surface area contributed by atoms with E-state index in [0.29, 0.717) is 16.9 Å². The lowest BCUT2D eigenvalue weighted by atomic mass is 10.1. The van der Waals surface area contributed by atoms with Crippen molar-refractivity contribution in [1.29, 1.82) is 0 Å². The van der Waals surface area contributed by atoms with Crippen LogP contribution in [-0.2, 0) is 12.6 Å². The van der Waals surface area contributed by atoms with Crippen LogP contribution in [0.4, 0.5) is 17.6 Å². The van der Waals surface area contributed by atoms with Crippen LogP contribution in [-0.4, -0.2) is 16.1 Å². The Kier molecular flexibility index (Phi) is 3.76. The van der Waals surface area contributed by atoms with E-state index in [-0.39, 0.29) is 11.4 Å². The van der Waals surface area contributed by atoms with Gasteiger partial charge < -0.3 is 5.11 Å². The Morgan fingerprint density at radius 2 is 1.85 bits per heavy atom. The summed E-state index contributed by atoms with van der Waals surface area (Å²) in [6.45, 7) is 0. The van der Waals surface area contributed by atoms with Gasteiger partial charge in [-0.05, 0) is 17.7 Å². The zero-order valence-electron chi connectivity index (χ0n) is 9.74. The first kappa shape index (κ1) is 14.4. The average Bonchev–Trinajstić information content (AvgIpc) is 2.76. The lowest BCUT2D eigenvalue weighted by Gasteiger charge is -2.02. The minimum Gasteiger partial charge on any atom is -0.477 e. The van der Waals surface area contributed by atoms with Gasteiger partial charge in [0.05, 0.1) is 5.01 Å². The van der Waals surface area contributed by atoms with E-state index >= 15 is 0 Å². The van der Waals surface area contributed by atoms with Crippen LogP contribution < -0.4 is 0 Å². The Labute approximate surface area is 114 Å². The van der Waals surface area contributed by atoms with Crippen LogP contribution in [0.3, 0.4) is 0 Å². The van der Waals surface area contributed by atoms with E-state index in [1.165, 1.54) is 24.3 Å². The van der Waals surface area contributed by atoms with Crippen molar-refractivity contribution < 1.29 is 27.5 Å². The van der Waals surface area contributed by atoms with Crippen molar-refractivity contribution in [3.63, 3.8) is 0 Å². The standard InChI is InChI=1S/C12H7F4NO2S/c13-7-3-1-6(2-4-7)5-8-17-10(12(14,15)16)9(20-8)11(18)19/h1-4H,5H2,(H,18,19). The van der Waals surface area contributed by atoms with Crippen LogP contribution in [0, 0.1) is 5.82 Å². The largest absolute Gasteiger partial charge is 0.477 e. The van der Waals surface area contributed by atoms with Gasteiger partial charge >= 0.3 is 12.1 Å². The van der Waals surface area contributed by atoms with E-state index in [1.54, 1.807) is 0 Å². The molecule has 20 heavy (non-hydrogen) atoms. The second-order valence-electron chi connectivity index (χ2n) is 3.89. The minimum atomic E-state index is -4.81. The van der Waals surface area contributed by atoms with E-state index < -0.39 is 28.5 Å². The fraction of sp³-hybridized carbons (Fsp3) is 0.167. The molecule has 0 aliphatic carbocycles. The zero-order chi connectivity index (χ0) is 14.9. The average molecular weight is 305 g/mol. The highest BCUT2D eigenvalue weighted by Gasteiger charge is 2.39. The van der Waals surface area contributed by atoms with Crippen molar-refractivity contribution in [2.45, 2.75) is 12.6 Å². The lowest BCUT2D eigenvalue weighted by molar-refractivity contribution is -0.141. The third-order valence-electron chi connectivity index (χ3n) is 2.40. The van der Waals surface area contributed by atoms with Crippen LogP contribution in [0.2, 0.25) is 0 Å². The molecule has 2 rings (SSSR count). The first-order chi connectivity index (χ1) is 9.27. The fourth-order valence-corrected chi connectivity index (χ4v) is 2.51. The molecule has 1 N–H and O–H groups in total. The predicted octanol–water partition coefficient (Wildman–Crippen LogP) is 3.59. The highest BCUT2D eigenvalue weighted by molar-refractivity contribution is 7.13. The molecule has 1 aromatic heterocycles. The number of hydrogen-bond acceptors (Lipinski definition) is 3. The Bertz CT molecular complexity index is 634. The second kappa shape index (κ2) is 5.20. The van der Waals surface area contributed by atoms with Crippen molar-refractivity contribution in [3.8, 4) is 0 Å². The molecule has 0 radical (unpaired) electrons. The van der Waals surface area contributed by atoms with Crippen LogP contribution in [0.5, 0.6) is 0 Å². The lowest BCUT2D eigenvalue weighted by Crippen LogP contribution is -2.11. The summed E-state index contributed by atoms with van der Waals surface area (Å²) in [6, 6.07) is 5.16. The van der Waals surface area contributed by atoms with Gasteiger partial charge in [0.25, 0.3) is 0 Å². The van der Waals surface area contributed by atoms with E-state index in [2.05, 4.69) is 4.98 Å². The van der Waals surface area contributed by atoms with E-state index in [1.807, 2.05) is 0 Å². The summed E-state index contributed by atoms with van der Waals surface area (Å²) < 4.78 is 50.7. The highest BCUT2D eigenvalue weighted by atomic mass is 32.1. The van der Waals surface area contributed by atoms with Gasteiger partial charge in [-0.1, -0.05) is 12.1 Å². The normalized spacial score (nSPS) is 11.6. The van der Waals surface area contributed by atoms with Gasteiger partial charge in [0.15, 0.2) is 5.69 Å². The number of alkyl halides is 3. The molecule has 2 aromatic rings. The van der Waals surface area contributed by atoms with Gasteiger partial charge in [-0.25, -0.2) is 14.2 Å². The fourth-order valence-electron chi connectivity index (χ4n) is 1.55. The number of aromatic nitrogens is 1. The van der Waals surface area contributed by atoms with E-state index in [4.69, 9.17) is 5.11 Å². The molecule has 0 saturated carbocycles. The van der Waals surface area contributed by atoms with Gasteiger partial charge in [-0.2, -0.15) is 13.2 Å². The van der Waals surface area contributed by atoms with Crippen molar-refractivity contribution in [2.24, 2.45) is 0 Å². The summed E-state index contributed by atoms with van der Waals surface area (Å²) in [7, 11) is 0. The third kappa shape index (κ3) is 3.13. The number of rotatable bonds is 3. The number of carbonyl (C=O) groups is 1. The number of benzene rings is 1. The topological polar surface area (TPSA) is 50.2 Å². The highest BCUT2D eigenvalue weighted by Crippen LogP contribution is 2.34. The van der Waals surface area contributed by atoms with E-state index in [9.17, 15) is 22.4 Å². The summed E-state index contributed by atoms with van der Waals surface area (Å²) >= 11 is 0.469. The predicted molar refractivity (Wildman–Crippen MR) is 63.3 cm³/mol. The molecular formula is C12H7F4NO2S. The molecule has 1 aromatic carbocycles. The maximum absolute atomic E-state index is 12.7. The summed E-state index contributed by atoms with van der Waals surface area (Å²) in [5, 5.41) is 8.78. The molecule has 0 amide bonds. The maximum atomic E-state index is 12.7. The first-order valence-electron chi connectivity index (χ1n) is 5.32. The van der Waals surface area contributed by atoms with Crippen LogP contribution in [0.1, 0.15) is 25.9 Å². The molecule has 0 atom stereocenters. The Morgan fingerprint density at radius 1 is 1.25 bits per heavy atom. The van der Waals surface area contributed by atoms with Gasteiger partial charge in [0.1, 0.15) is 10.7 Å². The number of hydrogen-bond donors (Lipinski definition) is 1. The molecule has 3 nitrogen and oxygen atoms in total. The molecule has 8 heteroatoms. The summed E-state index contributed by atoms with van der Waals surface area (Å²) in [5.74, 6) is -2.13. The molecule has 0 aliphatic heterocycles. The molecule has 0 spiro atoms. The van der Waals surface area contributed by atoms with Crippen molar-refractivity contribution >= 4 is 17.3 Å². The Hall–Kier alpha value is -1.96. The first-order valence-corrected chi connectivity index (χ1v) is 6.13. The van der Waals surface area contributed by atoms with Gasteiger partial charge in [-0.3, -0.25) is 0 Å². The quantitative estimate of drug-likeness (QED) is 0.882. The molecule has 0 fully saturated rings. The number of carboxylic acid groups (broad SMARTS) is 1. The number of aromatic carboxylic acids is 1. The summed E-state index contributed by atoms with van der Waals surface area (Å²) in [5.41, 5.74) is -0.849. The summed E-state index contributed by atoms with van der Waals surface area (Å²) in [4.78, 5) is 13.3. The number of carboxylic acids is 1. The Morgan fingerprint density at radius 3 is 2.30 bits per heavy atom. The van der Waals surface area contributed by atoms with Crippen LogP contribution >= 0.6 is 11.3 Å². The van der Waals surface area contributed by atoms with Crippen LogP contribution in [0.15, 0.2) is 24.3 Å². The maximum Gasteiger partial charge on any atom is 0.435 e. The van der Waals surface area contributed by atoms with Gasteiger partial charge in [-0.15, -0.1) is 11.3 Å². The monoisotopic (exact) mass is 305 g/mol. The second-order valence-corrected chi connectivity index (χ2v) is 4.98. The van der Waals surface area contributed by atoms with Crippen LogP contribution in [0.25, 0.3) is 0 Å². The van der Waals surface area contributed by atoms with E-state index in [0.717, 1.165) is 0 Å². The molecular weight excluding hydrogens is 298 g/mol. The molecule has 0 unspecified atom stereocenters. The molecule has 106 valence electrons. The molecule has 0 saturated heterocycles. The number of nitrogens with zero attached hydrogens (tertiary/aromatic N) is 1. The summed E-state index contributed by atoms with van der Waals surface area (Å²) in [6.07, 6.45) is -4.80. The number of thiazole rings is 1. The minimum absolute atomic E-state index is 0.0151. The van der Waals surface area contributed by atoms with Crippen molar-refractivity contribution in [3.05, 3.63) is 51.2 Å². The number of halogens is 4. The van der Waals surface area contributed by atoms with Gasteiger partial charge in [0, 0.05) is 6.42 Å². The van der Waals surface area contributed by atoms with Crippen molar-refractivity contribution in [2.75, 3.05) is 0 Å². The molecule has 0 bridgehead atoms. The van der Waals surface area contributed by atoms with Crippen molar-refractivity contribution in [1.82, 2.24) is 4.98 Å². The Balaban J connectivity index is 2.34. The molecule has 1 heterocycles. The molecule has 0 aliphatic rings. The zero-order valence-corrected chi connectivity index (χ0v) is 10.6. The smallest absolute Gasteiger partial charge is 0.435 e. The van der Waals surface area contributed by atoms with Gasteiger partial charge in [0.2, 0.25) is 0 Å².